The van der Waals surface area contributed by atoms with Crippen molar-refractivity contribution in [2.75, 3.05) is 7.05 Å². The summed E-state index contributed by atoms with van der Waals surface area (Å²) in [6, 6.07) is 3.28. The molecule has 1 atom stereocenters. The summed E-state index contributed by atoms with van der Waals surface area (Å²) in [5.74, 6) is 0.170. The van der Waals surface area contributed by atoms with Crippen molar-refractivity contribution in [2.24, 2.45) is 11.8 Å². The molecule has 1 aromatic rings. The third-order valence-corrected chi connectivity index (χ3v) is 3.36. The van der Waals surface area contributed by atoms with E-state index in [9.17, 15) is 9.59 Å². The number of carbonyl (C=O) groups excluding carboxylic acids is 2. The van der Waals surface area contributed by atoms with Gasteiger partial charge in [-0.15, -0.1) is 0 Å². The second-order valence-electron chi connectivity index (χ2n) is 6.44. The van der Waals surface area contributed by atoms with Crippen molar-refractivity contribution in [1.82, 2.24) is 15.2 Å². The molecule has 0 aliphatic heterocycles. The Labute approximate surface area is 133 Å². The highest BCUT2D eigenvalue weighted by atomic mass is 16.2. The van der Waals surface area contributed by atoms with Crippen LogP contribution in [0.15, 0.2) is 24.5 Å². The van der Waals surface area contributed by atoms with E-state index < -0.39 is 6.04 Å². The summed E-state index contributed by atoms with van der Waals surface area (Å²) in [5, 5.41) is 2.87. The number of likely N-dealkylation sites (N-methyl/N-ethyl adjacent to an activating group) is 1. The van der Waals surface area contributed by atoms with E-state index in [2.05, 4.69) is 10.3 Å². The van der Waals surface area contributed by atoms with Crippen molar-refractivity contribution >= 4 is 11.8 Å². The first-order valence-corrected chi connectivity index (χ1v) is 7.74. The van der Waals surface area contributed by atoms with E-state index in [1.807, 2.05) is 39.8 Å². The molecule has 0 aliphatic carbocycles. The van der Waals surface area contributed by atoms with Gasteiger partial charge in [0.2, 0.25) is 11.8 Å². The number of aromatic nitrogens is 1. The standard InChI is InChI=1S/C17H27N3O2/c1-12(2)9-15(21)19-16(13(3)4)17(22)20(5)11-14-7-6-8-18-10-14/h6-8,10,12-13,16H,9,11H2,1-5H3,(H,19,21)/t16-/m0/s1. The van der Waals surface area contributed by atoms with Crippen LogP contribution in [0.25, 0.3) is 0 Å². The van der Waals surface area contributed by atoms with Gasteiger partial charge in [0.1, 0.15) is 6.04 Å². The molecule has 0 spiro atoms. The third-order valence-electron chi connectivity index (χ3n) is 3.36. The quantitative estimate of drug-likeness (QED) is 0.840. The van der Waals surface area contributed by atoms with Gasteiger partial charge in [-0.25, -0.2) is 0 Å². The maximum atomic E-state index is 12.6. The van der Waals surface area contributed by atoms with Crippen LogP contribution in [0.5, 0.6) is 0 Å². The van der Waals surface area contributed by atoms with Gasteiger partial charge in [-0.2, -0.15) is 0 Å². The first kappa shape index (κ1) is 18.1. The summed E-state index contributed by atoms with van der Waals surface area (Å²) in [6.07, 6.45) is 3.88. The van der Waals surface area contributed by atoms with Crippen LogP contribution in [0.1, 0.15) is 39.7 Å². The molecule has 0 aromatic carbocycles. The highest BCUT2D eigenvalue weighted by Gasteiger charge is 2.27. The molecule has 1 rings (SSSR count). The van der Waals surface area contributed by atoms with Crippen LogP contribution in [0.3, 0.4) is 0 Å². The minimum absolute atomic E-state index is 0.0416. The number of nitrogens with one attached hydrogen (secondary N) is 1. The van der Waals surface area contributed by atoms with Gasteiger partial charge in [0.05, 0.1) is 0 Å². The summed E-state index contributed by atoms with van der Waals surface area (Å²) in [5.41, 5.74) is 0.967. The second-order valence-corrected chi connectivity index (χ2v) is 6.44. The number of pyridine rings is 1. The highest BCUT2D eigenvalue weighted by molar-refractivity contribution is 5.87. The van der Waals surface area contributed by atoms with Gasteiger partial charge in [-0.1, -0.05) is 33.8 Å². The zero-order chi connectivity index (χ0) is 16.7. The van der Waals surface area contributed by atoms with E-state index >= 15 is 0 Å². The molecule has 22 heavy (non-hydrogen) atoms. The lowest BCUT2D eigenvalue weighted by Gasteiger charge is -2.27. The van der Waals surface area contributed by atoms with Gasteiger partial charge in [-0.3, -0.25) is 14.6 Å². The van der Waals surface area contributed by atoms with E-state index in [4.69, 9.17) is 0 Å². The number of carbonyl (C=O) groups is 2. The third kappa shape index (κ3) is 5.84. The molecule has 2 amide bonds. The SMILES string of the molecule is CC(C)CC(=O)N[C@H](C(=O)N(C)Cc1cccnc1)C(C)C. The van der Waals surface area contributed by atoms with Crippen molar-refractivity contribution in [3.8, 4) is 0 Å². The largest absolute Gasteiger partial charge is 0.344 e. The van der Waals surface area contributed by atoms with Gasteiger partial charge in [0.15, 0.2) is 0 Å². The zero-order valence-electron chi connectivity index (χ0n) is 14.2. The van der Waals surface area contributed by atoms with Gasteiger partial charge < -0.3 is 10.2 Å². The minimum Gasteiger partial charge on any atom is -0.344 e. The molecule has 1 heterocycles. The van der Waals surface area contributed by atoms with Crippen molar-refractivity contribution in [3.05, 3.63) is 30.1 Å². The maximum absolute atomic E-state index is 12.6. The molecule has 1 aromatic heterocycles. The summed E-state index contributed by atoms with van der Waals surface area (Å²) >= 11 is 0. The van der Waals surface area contributed by atoms with E-state index in [1.54, 1.807) is 24.3 Å². The van der Waals surface area contributed by atoms with Crippen LogP contribution >= 0.6 is 0 Å². The molecule has 0 radical (unpaired) electrons. The van der Waals surface area contributed by atoms with Crippen molar-refractivity contribution in [2.45, 2.75) is 46.7 Å². The van der Waals surface area contributed by atoms with Crippen LogP contribution in [-0.2, 0) is 16.1 Å². The van der Waals surface area contributed by atoms with E-state index in [-0.39, 0.29) is 23.7 Å². The van der Waals surface area contributed by atoms with Gasteiger partial charge in [0.25, 0.3) is 0 Å². The monoisotopic (exact) mass is 305 g/mol. The molecule has 0 unspecified atom stereocenters. The van der Waals surface area contributed by atoms with Crippen LogP contribution in [0.2, 0.25) is 0 Å². The molecule has 0 bridgehead atoms. The van der Waals surface area contributed by atoms with Crippen molar-refractivity contribution in [3.63, 3.8) is 0 Å². The Morgan fingerprint density at radius 2 is 1.95 bits per heavy atom. The lowest BCUT2D eigenvalue weighted by Crippen LogP contribution is -2.50. The fourth-order valence-electron chi connectivity index (χ4n) is 2.20. The topological polar surface area (TPSA) is 62.3 Å². The highest BCUT2D eigenvalue weighted by Crippen LogP contribution is 2.10. The predicted molar refractivity (Wildman–Crippen MR) is 86.9 cm³/mol. The smallest absolute Gasteiger partial charge is 0.245 e. The lowest BCUT2D eigenvalue weighted by molar-refractivity contribution is -0.137. The summed E-state index contributed by atoms with van der Waals surface area (Å²) in [4.78, 5) is 30.2. The van der Waals surface area contributed by atoms with Gasteiger partial charge in [0, 0.05) is 32.4 Å². The summed E-state index contributed by atoms with van der Waals surface area (Å²) in [7, 11) is 1.75. The summed E-state index contributed by atoms with van der Waals surface area (Å²) < 4.78 is 0. The molecular weight excluding hydrogens is 278 g/mol. The predicted octanol–water partition coefficient (Wildman–Crippen LogP) is 2.23. The van der Waals surface area contributed by atoms with Crippen LogP contribution < -0.4 is 5.32 Å². The van der Waals surface area contributed by atoms with Gasteiger partial charge in [-0.05, 0) is 23.5 Å². The van der Waals surface area contributed by atoms with Crippen LogP contribution in [0.4, 0.5) is 0 Å². The van der Waals surface area contributed by atoms with Crippen LogP contribution in [0, 0.1) is 11.8 Å². The normalized spacial score (nSPS) is 12.3. The Bertz CT molecular complexity index is 486. The molecule has 1 N–H and O–H groups in total. The fourth-order valence-corrected chi connectivity index (χ4v) is 2.20. The molecule has 0 saturated heterocycles. The fraction of sp³-hybridized carbons (Fsp3) is 0.588. The zero-order valence-corrected chi connectivity index (χ0v) is 14.2. The van der Waals surface area contributed by atoms with E-state index in [0.717, 1.165) is 5.56 Å². The Balaban J connectivity index is 2.69. The molecule has 5 heteroatoms. The Kier molecular flexibility index (Phi) is 7.02. The molecule has 5 nitrogen and oxygen atoms in total. The van der Waals surface area contributed by atoms with Crippen molar-refractivity contribution < 1.29 is 9.59 Å². The van der Waals surface area contributed by atoms with E-state index in [1.165, 1.54) is 0 Å². The number of hydrogen-bond acceptors (Lipinski definition) is 3. The summed E-state index contributed by atoms with van der Waals surface area (Å²) in [6.45, 7) is 8.34. The number of hydrogen-bond donors (Lipinski definition) is 1. The number of nitrogens with zero attached hydrogens (tertiary/aromatic N) is 2. The second kappa shape index (κ2) is 8.51. The Hall–Kier alpha value is -1.91. The van der Waals surface area contributed by atoms with Gasteiger partial charge >= 0.3 is 0 Å². The molecule has 0 fully saturated rings. The average Bonchev–Trinajstić information content (AvgIpc) is 2.44. The average molecular weight is 305 g/mol. The number of amides is 2. The molecule has 0 aliphatic rings. The molecular formula is C17H27N3O2. The lowest BCUT2D eigenvalue weighted by atomic mass is 10.0. The van der Waals surface area contributed by atoms with E-state index in [0.29, 0.717) is 13.0 Å². The van der Waals surface area contributed by atoms with Crippen molar-refractivity contribution in [1.29, 1.82) is 0 Å². The Morgan fingerprint density at radius 1 is 1.27 bits per heavy atom. The number of rotatable bonds is 7. The Morgan fingerprint density at radius 3 is 2.45 bits per heavy atom. The van der Waals surface area contributed by atoms with Crippen LogP contribution in [-0.4, -0.2) is 34.8 Å². The molecule has 122 valence electrons. The minimum atomic E-state index is -0.493. The first-order chi connectivity index (χ1) is 10.3. The maximum Gasteiger partial charge on any atom is 0.245 e. The first-order valence-electron chi connectivity index (χ1n) is 7.74. The molecule has 0 saturated carbocycles.